The Morgan fingerprint density at radius 2 is 0.618 bits per heavy atom. The van der Waals surface area contributed by atoms with Crippen molar-refractivity contribution in [3.8, 4) is 0 Å². The lowest BCUT2D eigenvalue weighted by Gasteiger charge is -2.18. The molecule has 0 aliphatic heterocycles. The van der Waals surface area contributed by atoms with E-state index in [2.05, 4.69) is 154 Å². The first-order chi connectivity index (χ1) is 33.6. The molecule has 0 fully saturated rings. The molecular formula is C63H102O5. The Labute approximate surface area is 419 Å². The van der Waals surface area contributed by atoms with E-state index in [0.717, 1.165) is 148 Å². The van der Waals surface area contributed by atoms with E-state index in [1.807, 2.05) is 0 Å². The molecule has 1 unspecified atom stereocenters. The van der Waals surface area contributed by atoms with Crippen LogP contribution in [0.1, 0.15) is 226 Å². The largest absolute Gasteiger partial charge is 0.462 e. The Morgan fingerprint density at radius 3 is 0.985 bits per heavy atom. The third-order valence-electron chi connectivity index (χ3n) is 11.2. The van der Waals surface area contributed by atoms with Gasteiger partial charge < -0.3 is 14.2 Å². The van der Waals surface area contributed by atoms with Gasteiger partial charge in [-0.25, -0.2) is 0 Å². The highest BCUT2D eigenvalue weighted by Crippen LogP contribution is 2.13. The number of hydrogen-bond donors (Lipinski definition) is 0. The van der Waals surface area contributed by atoms with E-state index in [-0.39, 0.29) is 25.2 Å². The van der Waals surface area contributed by atoms with Crippen LogP contribution in [0.4, 0.5) is 0 Å². The predicted octanol–water partition coefficient (Wildman–Crippen LogP) is 19.1. The quantitative estimate of drug-likeness (QED) is 0.0345. The Hall–Kier alpha value is -3.96. The van der Waals surface area contributed by atoms with E-state index in [9.17, 15) is 9.59 Å². The van der Waals surface area contributed by atoms with Gasteiger partial charge in [0.05, 0.1) is 6.61 Å². The van der Waals surface area contributed by atoms with Gasteiger partial charge in [-0.05, 0) is 128 Å². The zero-order chi connectivity index (χ0) is 49.2. The van der Waals surface area contributed by atoms with Gasteiger partial charge in [-0.2, -0.15) is 0 Å². The maximum atomic E-state index is 12.9. The molecule has 0 heterocycles. The first-order valence-electron chi connectivity index (χ1n) is 27.7. The summed E-state index contributed by atoms with van der Waals surface area (Å²) < 4.78 is 17.4. The highest BCUT2D eigenvalue weighted by molar-refractivity contribution is 5.70. The van der Waals surface area contributed by atoms with Crippen LogP contribution in [0.3, 0.4) is 0 Å². The molecule has 0 aromatic carbocycles. The Morgan fingerprint density at radius 1 is 0.324 bits per heavy atom. The fourth-order valence-electron chi connectivity index (χ4n) is 7.15. The molecule has 0 aliphatic carbocycles. The number of allylic oxidation sites excluding steroid dienone is 22. The summed E-state index contributed by atoms with van der Waals surface area (Å²) in [6.45, 7) is 7.41. The van der Waals surface area contributed by atoms with Gasteiger partial charge in [0.1, 0.15) is 6.61 Å². The molecule has 0 spiro atoms. The number of carbonyl (C=O) groups excluding carboxylic acids is 2. The van der Waals surface area contributed by atoms with Gasteiger partial charge >= 0.3 is 11.9 Å². The van der Waals surface area contributed by atoms with Crippen molar-refractivity contribution in [2.24, 2.45) is 0 Å². The van der Waals surface area contributed by atoms with Crippen molar-refractivity contribution in [3.05, 3.63) is 134 Å². The van der Waals surface area contributed by atoms with Gasteiger partial charge in [-0.3, -0.25) is 9.59 Å². The monoisotopic (exact) mass is 939 g/mol. The maximum absolute atomic E-state index is 12.9. The van der Waals surface area contributed by atoms with Crippen LogP contribution in [-0.4, -0.2) is 37.9 Å². The molecule has 0 amide bonds. The number of carbonyl (C=O) groups is 2. The number of ether oxygens (including phenoxy) is 3. The Balaban J connectivity index is 4.41. The minimum Gasteiger partial charge on any atom is -0.462 e. The number of rotatable bonds is 49. The molecule has 1 atom stereocenters. The van der Waals surface area contributed by atoms with Crippen LogP contribution >= 0.6 is 0 Å². The molecule has 0 aromatic heterocycles. The van der Waals surface area contributed by atoms with Crippen molar-refractivity contribution in [3.63, 3.8) is 0 Å². The van der Waals surface area contributed by atoms with Crippen molar-refractivity contribution < 1.29 is 23.8 Å². The molecule has 5 nitrogen and oxygen atoms in total. The normalized spacial score (nSPS) is 13.3. The topological polar surface area (TPSA) is 61.8 Å². The highest BCUT2D eigenvalue weighted by Gasteiger charge is 2.17. The van der Waals surface area contributed by atoms with Gasteiger partial charge in [0, 0.05) is 19.4 Å². The molecular weight excluding hydrogens is 837 g/mol. The minimum atomic E-state index is -0.574. The van der Waals surface area contributed by atoms with Gasteiger partial charge in [-0.1, -0.05) is 219 Å². The first-order valence-corrected chi connectivity index (χ1v) is 27.7. The average Bonchev–Trinajstić information content (AvgIpc) is 3.34. The van der Waals surface area contributed by atoms with Crippen LogP contribution in [0.25, 0.3) is 0 Å². The smallest absolute Gasteiger partial charge is 0.306 e. The van der Waals surface area contributed by atoms with Gasteiger partial charge in [0.2, 0.25) is 0 Å². The molecule has 384 valence electrons. The molecule has 0 saturated carbocycles. The molecule has 0 aromatic rings. The standard InChI is InChI=1S/C63H102O5/c1-4-7-10-13-16-19-22-25-28-31-34-37-40-43-46-49-52-55-58-66-59-61(68-63(65)57-54-51-48-45-42-39-36-33-30-27-24-21-18-15-12-9-6-3)60-67-62(64)56-53-50-47-44-41-38-35-32-29-26-23-20-17-14-11-8-5-2/h7-12,16-21,25-30,35-36,38-39,61H,4-6,13-15,22-24,31-34,37,40-60H2,1-3H3/b10-7-,11-8-,12-9-,19-16-,20-17-,21-18-,28-25-,29-26-,30-27-,38-35-,39-36-. The summed E-state index contributed by atoms with van der Waals surface area (Å²) in [6.07, 6.45) is 81.8. The van der Waals surface area contributed by atoms with E-state index >= 15 is 0 Å². The predicted molar refractivity (Wildman–Crippen MR) is 297 cm³/mol. The highest BCUT2D eigenvalue weighted by atomic mass is 16.6. The summed E-state index contributed by atoms with van der Waals surface area (Å²) in [4.78, 5) is 25.5. The van der Waals surface area contributed by atoms with E-state index in [4.69, 9.17) is 14.2 Å². The summed E-state index contributed by atoms with van der Waals surface area (Å²) in [5.74, 6) is -0.463. The lowest BCUT2D eigenvalue weighted by atomic mass is 10.1. The molecule has 0 N–H and O–H groups in total. The van der Waals surface area contributed by atoms with E-state index in [0.29, 0.717) is 19.4 Å². The minimum absolute atomic E-state index is 0.0506. The second-order valence-electron chi connectivity index (χ2n) is 17.7. The first kappa shape index (κ1) is 64.0. The third kappa shape index (κ3) is 54.6. The van der Waals surface area contributed by atoms with Gasteiger partial charge in [-0.15, -0.1) is 0 Å². The van der Waals surface area contributed by atoms with Crippen molar-refractivity contribution in [2.45, 2.75) is 232 Å². The fourth-order valence-corrected chi connectivity index (χ4v) is 7.15. The van der Waals surface area contributed by atoms with E-state index < -0.39 is 6.10 Å². The second-order valence-corrected chi connectivity index (χ2v) is 17.7. The summed E-state index contributed by atoms with van der Waals surface area (Å²) >= 11 is 0. The number of hydrogen-bond acceptors (Lipinski definition) is 5. The van der Waals surface area contributed by atoms with E-state index in [1.54, 1.807) is 0 Å². The van der Waals surface area contributed by atoms with Crippen molar-refractivity contribution in [1.29, 1.82) is 0 Å². The van der Waals surface area contributed by atoms with Crippen LogP contribution in [-0.2, 0) is 23.8 Å². The van der Waals surface area contributed by atoms with Crippen LogP contribution in [0.5, 0.6) is 0 Å². The van der Waals surface area contributed by atoms with Crippen LogP contribution in [0, 0.1) is 0 Å². The average molecular weight is 940 g/mol. The Bertz CT molecular complexity index is 1430. The summed E-state index contributed by atoms with van der Waals surface area (Å²) in [5, 5.41) is 0. The molecule has 0 aliphatic rings. The van der Waals surface area contributed by atoms with Crippen LogP contribution in [0.2, 0.25) is 0 Å². The molecule has 0 saturated heterocycles. The van der Waals surface area contributed by atoms with E-state index in [1.165, 1.54) is 44.9 Å². The lowest BCUT2D eigenvalue weighted by Crippen LogP contribution is -2.30. The lowest BCUT2D eigenvalue weighted by molar-refractivity contribution is -0.163. The Kier molecular flexibility index (Phi) is 54.0. The molecule has 0 rings (SSSR count). The zero-order valence-electron chi connectivity index (χ0n) is 44.1. The van der Waals surface area contributed by atoms with Crippen molar-refractivity contribution in [2.75, 3.05) is 19.8 Å². The molecule has 5 heteroatoms. The van der Waals surface area contributed by atoms with Gasteiger partial charge in [0.25, 0.3) is 0 Å². The zero-order valence-corrected chi connectivity index (χ0v) is 44.1. The van der Waals surface area contributed by atoms with Crippen LogP contribution < -0.4 is 0 Å². The molecule has 0 bridgehead atoms. The second kappa shape index (κ2) is 57.4. The SMILES string of the molecule is CC/C=C\C/C=C\C/C=C\C/C=C\CCCCCCC(=O)OCC(COCCCCCCCCCC/C=C\C/C=C\C/C=C\CC)OC(=O)CCCCCC/C=C\C/C=C\C/C=C\C/C=C\CC. The maximum Gasteiger partial charge on any atom is 0.306 e. The van der Waals surface area contributed by atoms with Crippen molar-refractivity contribution >= 4 is 11.9 Å². The summed E-state index contributed by atoms with van der Waals surface area (Å²) in [5.41, 5.74) is 0. The van der Waals surface area contributed by atoms with Crippen molar-refractivity contribution in [1.82, 2.24) is 0 Å². The molecule has 68 heavy (non-hydrogen) atoms. The summed E-state index contributed by atoms with van der Waals surface area (Å²) in [7, 11) is 0. The third-order valence-corrected chi connectivity index (χ3v) is 11.2. The number of esters is 2. The fraction of sp³-hybridized carbons (Fsp3) is 0.619. The number of unbranched alkanes of at least 4 members (excludes halogenated alkanes) is 16. The summed E-state index contributed by atoms with van der Waals surface area (Å²) in [6, 6.07) is 0. The molecule has 0 radical (unpaired) electrons. The van der Waals surface area contributed by atoms with Crippen LogP contribution in [0.15, 0.2) is 134 Å². The van der Waals surface area contributed by atoms with Gasteiger partial charge in [0.15, 0.2) is 6.10 Å².